The first-order valence-corrected chi connectivity index (χ1v) is 5.08. The summed E-state index contributed by atoms with van der Waals surface area (Å²) >= 11 is 0. The Morgan fingerprint density at radius 2 is 2.24 bits per heavy atom. The van der Waals surface area contributed by atoms with Crippen LogP contribution in [0.2, 0.25) is 0 Å². The van der Waals surface area contributed by atoms with E-state index in [1.807, 2.05) is 13.0 Å². The van der Waals surface area contributed by atoms with Crippen molar-refractivity contribution in [1.29, 1.82) is 5.26 Å². The SMILES string of the molecule is CCOCCOc1ccc(C#N)cc1[N+](=O)[O-]. The van der Waals surface area contributed by atoms with Crippen LogP contribution in [0.5, 0.6) is 5.75 Å². The number of ether oxygens (including phenoxy) is 2. The van der Waals surface area contributed by atoms with E-state index in [0.29, 0.717) is 13.2 Å². The van der Waals surface area contributed by atoms with Gasteiger partial charge in [0.05, 0.1) is 23.2 Å². The van der Waals surface area contributed by atoms with Crippen LogP contribution in [0.4, 0.5) is 5.69 Å². The number of nitro groups is 1. The average Bonchev–Trinajstić information content (AvgIpc) is 2.34. The summed E-state index contributed by atoms with van der Waals surface area (Å²) in [5.74, 6) is 0.147. The maximum atomic E-state index is 10.8. The van der Waals surface area contributed by atoms with Crippen LogP contribution in [0.25, 0.3) is 0 Å². The van der Waals surface area contributed by atoms with E-state index in [9.17, 15) is 10.1 Å². The fourth-order valence-corrected chi connectivity index (χ4v) is 1.21. The van der Waals surface area contributed by atoms with Crippen LogP contribution in [0, 0.1) is 21.4 Å². The Morgan fingerprint density at radius 1 is 1.47 bits per heavy atom. The fourth-order valence-electron chi connectivity index (χ4n) is 1.21. The van der Waals surface area contributed by atoms with Gasteiger partial charge in [-0.2, -0.15) is 5.26 Å². The number of rotatable bonds is 6. The molecule has 0 aliphatic rings. The van der Waals surface area contributed by atoms with Crippen molar-refractivity contribution in [3.8, 4) is 11.8 Å². The molecule has 90 valence electrons. The molecule has 0 fully saturated rings. The molecule has 0 N–H and O–H groups in total. The lowest BCUT2D eigenvalue weighted by atomic mass is 10.2. The van der Waals surface area contributed by atoms with Gasteiger partial charge in [-0.3, -0.25) is 10.1 Å². The number of hydrogen-bond acceptors (Lipinski definition) is 5. The van der Waals surface area contributed by atoms with Gasteiger partial charge in [0.2, 0.25) is 0 Å². The van der Waals surface area contributed by atoms with Crippen molar-refractivity contribution >= 4 is 5.69 Å². The Labute approximate surface area is 98.5 Å². The Kier molecular flexibility index (Phi) is 4.91. The zero-order chi connectivity index (χ0) is 12.7. The lowest BCUT2D eigenvalue weighted by Crippen LogP contribution is -2.07. The van der Waals surface area contributed by atoms with Gasteiger partial charge in [0.25, 0.3) is 0 Å². The minimum Gasteiger partial charge on any atom is -0.484 e. The summed E-state index contributed by atoms with van der Waals surface area (Å²) in [6.07, 6.45) is 0. The minimum absolute atomic E-state index is 0.147. The van der Waals surface area contributed by atoms with E-state index >= 15 is 0 Å². The van der Waals surface area contributed by atoms with Gasteiger partial charge in [0.1, 0.15) is 6.61 Å². The van der Waals surface area contributed by atoms with Crippen molar-refractivity contribution in [3.05, 3.63) is 33.9 Å². The molecular weight excluding hydrogens is 224 g/mol. The average molecular weight is 236 g/mol. The molecule has 6 nitrogen and oxygen atoms in total. The molecule has 0 aliphatic carbocycles. The monoisotopic (exact) mass is 236 g/mol. The summed E-state index contributed by atoms with van der Waals surface area (Å²) in [6, 6.07) is 5.93. The fraction of sp³-hybridized carbons (Fsp3) is 0.364. The van der Waals surface area contributed by atoms with Crippen LogP contribution in [-0.2, 0) is 4.74 Å². The second kappa shape index (κ2) is 6.45. The predicted molar refractivity (Wildman–Crippen MR) is 59.8 cm³/mol. The quantitative estimate of drug-likeness (QED) is 0.427. The van der Waals surface area contributed by atoms with E-state index in [1.54, 1.807) is 0 Å². The third-order valence-electron chi connectivity index (χ3n) is 1.97. The second-order valence-electron chi connectivity index (χ2n) is 3.10. The summed E-state index contributed by atoms with van der Waals surface area (Å²) < 4.78 is 10.3. The van der Waals surface area contributed by atoms with Crippen molar-refractivity contribution in [2.24, 2.45) is 0 Å². The van der Waals surface area contributed by atoms with Gasteiger partial charge in [-0.1, -0.05) is 0 Å². The van der Waals surface area contributed by atoms with Gasteiger partial charge in [-0.05, 0) is 19.1 Å². The van der Waals surface area contributed by atoms with Crippen LogP contribution in [-0.4, -0.2) is 24.7 Å². The molecule has 0 amide bonds. The normalized spacial score (nSPS) is 9.65. The molecule has 0 saturated heterocycles. The Hall–Kier alpha value is -2.13. The van der Waals surface area contributed by atoms with Crippen molar-refractivity contribution in [2.75, 3.05) is 19.8 Å². The van der Waals surface area contributed by atoms with E-state index < -0.39 is 4.92 Å². The molecule has 6 heteroatoms. The van der Waals surface area contributed by atoms with Crippen LogP contribution in [0.3, 0.4) is 0 Å². The van der Waals surface area contributed by atoms with Crippen molar-refractivity contribution < 1.29 is 14.4 Å². The van der Waals surface area contributed by atoms with E-state index in [4.69, 9.17) is 14.7 Å². The van der Waals surface area contributed by atoms with Crippen LogP contribution < -0.4 is 4.74 Å². The largest absolute Gasteiger partial charge is 0.484 e. The van der Waals surface area contributed by atoms with Gasteiger partial charge in [-0.15, -0.1) is 0 Å². The molecular formula is C11H12N2O4. The molecule has 0 atom stereocenters. The Morgan fingerprint density at radius 3 is 2.82 bits per heavy atom. The van der Waals surface area contributed by atoms with Gasteiger partial charge in [0.15, 0.2) is 5.75 Å². The predicted octanol–water partition coefficient (Wildman–Crippen LogP) is 1.88. The molecule has 17 heavy (non-hydrogen) atoms. The zero-order valence-corrected chi connectivity index (χ0v) is 9.38. The second-order valence-corrected chi connectivity index (χ2v) is 3.10. The molecule has 0 unspecified atom stereocenters. The number of nitrogens with zero attached hydrogens (tertiary/aromatic N) is 2. The van der Waals surface area contributed by atoms with Crippen molar-refractivity contribution in [2.45, 2.75) is 6.92 Å². The first-order chi connectivity index (χ1) is 8.19. The lowest BCUT2D eigenvalue weighted by Gasteiger charge is -2.06. The highest BCUT2D eigenvalue weighted by atomic mass is 16.6. The van der Waals surface area contributed by atoms with E-state index in [2.05, 4.69) is 0 Å². The molecule has 0 aliphatic heterocycles. The highest BCUT2D eigenvalue weighted by molar-refractivity contribution is 5.51. The molecule has 0 spiro atoms. The van der Waals surface area contributed by atoms with Gasteiger partial charge in [0, 0.05) is 12.7 Å². The van der Waals surface area contributed by atoms with Gasteiger partial charge >= 0.3 is 5.69 Å². The first-order valence-electron chi connectivity index (χ1n) is 5.08. The molecule has 0 saturated carbocycles. The van der Waals surface area contributed by atoms with Gasteiger partial charge < -0.3 is 9.47 Å². The molecule has 0 aromatic heterocycles. The number of benzene rings is 1. The summed E-state index contributed by atoms with van der Waals surface area (Å²) in [6.45, 7) is 3.03. The third-order valence-corrected chi connectivity index (χ3v) is 1.97. The zero-order valence-electron chi connectivity index (χ0n) is 9.38. The highest BCUT2D eigenvalue weighted by Gasteiger charge is 2.15. The topological polar surface area (TPSA) is 85.4 Å². The summed E-state index contributed by atoms with van der Waals surface area (Å²) in [4.78, 5) is 10.2. The van der Waals surface area contributed by atoms with Gasteiger partial charge in [-0.25, -0.2) is 0 Å². The maximum absolute atomic E-state index is 10.8. The summed E-state index contributed by atoms with van der Waals surface area (Å²) in [5.41, 5.74) is 0.0226. The Bertz CT molecular complexity index is 440. The number of hydrogen-bond donors (Lipinski definition) is 0. The number of nitro benzene ring substituents is 1. The molecule has 0 bridgehead atoms. The molecule has 0 heterocycles. The summed E-state index contributed by atoms with van der Waals surface area (Å²) in [7, 11) is 0. The smallest absolute Gasteiger partial charge is 0.312 e. The summed E-state index contributed by atoms with van der Waals surface area (Å²) in [5, 5.41) is 19.4. The Balaban J connectivity index is 2.77. The maximum Gasteiger partial charge on any atom is 0.312 e. The van der Waals surface area contributed by atoms with Crippen molar-refractivity contribution in [3.63, 3.8) is 0 Å². The third kappa shape index (κ3) is 3.74. The molecule has 1 aromatic rings. The molecule has 1 aromatic carbocycles. The molecule has 0 radical (unpaired) electrons. The number of nitriles is 1. The van der Waals surface area contributed by atoms with E-state index in [0.717, 1.165) is 0 Å². The van der Waals surface area contributed by atoms with Crippen LogP contribution in [0.1, 0.15) is 12.5 Å². The van der Waals surface area contributed by atoms with Crippen LogP contribution in [0.15, 0.2) is 18.2 Å². The van der Waals surface area contributed by atoms with E-state index in [-0.39, 0.29) is 23.6 Å². The minimum atomic E-state index is -0.573. The van der Waals surface area contributed by atoms with Crippen molar-refractivity contribution in [1.82, 2.24) is 0 Å². The standard InChI is InChI=1S/C11H12N2O4/c1-2-16-5-6-17-11-4-3-9(8-12)7-10(11)13(14)15/h3-4,7H,2,5-6H2,1H3. The molecule has 1 rings (SSSR count). The van der Waals surface area contributed by atoms with E-state index in [1.165, 1.54) is 18.2 Å². The first kappa shape index (κ1) is 12.9. The lowest BCUT2D eigenvalue weighted by molar-refractivity contribution is -0.385. The van der Waals surface area contributed by atoms with Crippen LogP contribution >= 0.6 is 0 Å². The highest BCUT2D eigenvalue weighted by Crippen LogP contribution is 2.27.